The minimum Gasteiger partial charge on any atom is -0.444 e. The lowest BCUT2D eigenvalue weighted by molar-refractivity contribution is -0.130. The highest BCUT2D eigenvalue weighted by Crippen LogP contribution is 2.25. The maximum Gasteiger partial charge on any atom is 0.408 e. The van der Waals surface area contributed by atoms with E-state index in [0.717, 1.165) is 53.2 Å². The van der Waals surface area contributed by atoms with Crippen LogP contribution < -0.4 is 16.0 Å². The zero-order chi connectivity index (χ0) is 35.6. The molecule has 4 amide bonds. The number of amides is 4. The Balaban J connectivity index is 0.000000281. The van der Waals surface area contributed by atoms with Crippen molar-refractivity contribution in [2.75, 3.05) is 18.4 Å². The standard InChI is InChI=1S/C23H30N6O4.C13H17NOS/c1-22(2,3)33-21(32)29-23(4,5)20(31)27-17(19(30)28-18-12-24-13-26-18)10-14-11-25-16-9-7-6-8-15(14)16;1-11-7-9-14(10-8-11)13(15)16-12-5-3-2-4-6-12/h6-9,11-13,17,25H,10H2,1-5H3,(H,24,26)(H,27,31)(H,28,30)(H,29,32);2-6,11H,7-10H2,1H3. The first-order valence-electron chi connectivity index (χ1n) is 16.4. The Morgan fingerprint density at radius 3 is 2.31 bits per heavy atom. The number of anilines is 1. The van der Waals surface area contributed by atoms with E-state index < -0.39 is 35.1 Å². The number of H-pyrrole nitrogens is 2. The number of piperidine rings is 1. The summed E-state index contributed by atoms with van der Waals surface area (Å²) >= 11 is 1.34. The van der Waals surface area contributed by atoms with Gasteiger partial charge in [-0.2, -0.15) is 0 Å². The molecule has 5 N–H and O–H groups in total. The van der Waals surface area contributed by atoms with Crippen molar-refractivity contribution in [1.82, 2.24) is 30.5 Å². The van der Waals surface area contributed by atoms with E-state index >= 15 is 0 Å². The summed E-state index contributed by atoms with van der Waals surface area (Å²) in [6.07, 6.45) is 6.52. The van der Waals surface area contributed by atoms with Crippen LogP contribution in [0.3, 0.4) is 0 Å². The number of carbonyl (C=O) groups excluding carboxylic acids is 4. The molecule has 4 aromatic rings. The molecule has 1 fully saturated rings. The topological polar surface area (TPSA) is 161 Å². The average Bonchev–Trinajstić information content (AvgIpc) is 3.70. The summed E-state index contributed by atoms with van der Waals surface area (Å²) in [5.41, 5.74) is -0.236. The van der Waals surface area contributed by atoms with Gasteiger partial charge < -0.3 is 35.6 Å². The van der Waals surface area contributed by atoms with Gasteiger partial charge in [-0.05, 0) is 88.9 Å². The predicted octanol–water partition coefficient (Wildman–Crippen LogP) is 6.49. The van der Waals surface area contributed by atoms with E-state index in [2.05, 4.69) is 37.8 Å². The van der Waals surface area contributed by atoms with E-state index in [1.54, 1.807) is 34.6 Å². The number of alkyl carbamates (subject to hydrolysis) is 1. The van der Waals surface area contributed by atoms with Crippen molar-refractivity contribution in [3.63, 3.8) is 0 Å². The predicted molar refractivity (Wildman–Crippen MR) is 192 cm³/mol. The molecular weight excluding hydrogens is 643 g/mol. The quantitative estimate of drug-likeness (QED) is 0.132. The van der Waals surface area contributed by atoms with Crippen molar-refractivity contribution in [3.05, 3.63) is 78.9 Å². The number of benzene rings is 2. The number of nitrogens with zero attached hydrogens (tertiary/aromatic N) is 2. The Labute approximate surface area is 291 Å². The largest absolute Gasteiger partial charge is 0.444 e. The van der Waals surface area contributed by atoms with Gasteiger partial charge in [0.2, 0.25) is 11.8 Å². The summed E-state index contributed by atoms with van der Waals surface area (Å²) in [5.74, 6) is 0.221. The van der Waals surface area contributed by atoms with Crippen LogP contribution in [0.4, 0.5) is 15.4 Å². The molecule has 1 atom stereocenters. The molecule has 13 heteroatoms. The molecule has 0 aliphatic carbocycles. The monoisotopic (exact) mass is 689 g/mol. The van der Waals surface area contributed by atoms with Crippen molar-refractivity contribution < 1.29 is 23.9 Å². The number of nitrogens with one attached hydrogen (secondary N) is 5. The first-order valence-corrected chi connectivity index (χ1v) is 17.2. The third-order valence-corrected chi connectivity index (χ3v) is 8.79. The molecule has 1 saturated heterocycles. The molecule has 2 aromatic carbocycles. The Morgan fingerprint density at radius 1 is 0.980 bits per heavy atom. The second-order valence-corrected chi connectivity index (χ2v) is 14.7. The van der Waals surface area contributed by atoms with Gasteiger partial charge in [0.15, 0.2) is 0 Å². The molecule has 262 valence electrons. The summed E-state index contributed by atoms with van der Waals surface area (Å²) < 4.78 is 5.26. The fraction of sp³-hybridized carbons (Fsp3) is 0.417. The summed E-state index contributed by atoms with van der Waals surface area (Å²) in [4.78, 5) is 63.2. The van der Waals surface area contributed by atoms with Crippen LogP contribution in [-0.2, 0) is 20.7 Å². The van der Waals surface area contributed by atoms with Gasteiger partial charge in [0.05, 0.1) is 12.5 Å². The molecule has 0 saturated carbocycles. The van der Waals surface area contributed by atoms with E-state index in [4.69, 9.17) is 4.74 Å². The third kappa shape index (κ3) is 11.4. The number of hydrogen-bond acceptors (Lipinski definition) is 7. The van der Waals surface area contributed by atoms with Gasteiger partial charge in [-0.15, -0.1) is 0 Å². The number of likely N-dealkylation sites (tertiary alicyclic amines) is 1. The molecule has 1 unspecified atom stereocenters. The lowest BCUT2D eigenvalue weighted by Crippen LogP contribution is -2.59. The second kappa shape index (κ2) is 16.6. The number of imidazole rings is 1. The molecule has 3 heterocycles. The number of thioether (sulfide) groups is 1. The highest BCUT2D eigenvalue weighted by atomic mass is 32.2. The van der Waals surface area contributed by atoms with Gasteiger partial charge >= 0.3 is 6.09 Å². The Bertz CT molecular complexity index is 1690. The molecule has 0 radical (unpaired) electrons. The van der Waals surface area contributed by atoms with Gasteiger partial charge in [-0.1, -0.05) is 43.3 Å². The minimum absolute atomic E-state index is 0.193. The fourth-order valence-electron chi connectivity index (χ4n) is 5.07. The molecule has 0 bridgehead atoms. The van der Waals surface area contributed by atoms with Crippen molar-refractivity contribution in [2.24, 2.45) is 5.92 Å². The summed E-state index contributed by atoms with van der Waals surface area (Å²) in [6.45, 7) is 12.4. The number of para-hydroxylation sites is 1. The molecular formula is C36H47N7O5S. The van der Waals surface area contributed by atoms with Gasteiger partial charge in [-0.25, -0.2) is 9.78 Å². The van der Waals surface area contributed by atoms with Crippen LogP contribution in [0.25, 0.3) is 10.9 Å². The van der Waals surface area contributed by atoms with Gasteiger partial charge in [0.1, 0.15) is 23.0 Å². The van der Waals surface area contributed by atoms with E-state index in [0.29, 0.717) is 5.82 Å². The Kier molecular flexibility index (Phi) is 12.5. The van der Waals surface area contributed by atoms with Crippen LogP contribution in [0.5, 0.6) is 0 Å². The van der Waals surface area contributed by atoms with E-state index in [-0.39, 0.29) is 11.7 Å². The normalized spacial score (nSPS) is 14.3. The highest BCUT2D eigenvalue weighted by Gasteiger charge is 2.35. The van der Waals surface area contributed by atoms with Crippen LogP contribution in [0, 0.1) is 5.92 Å². The average molecular weight is 690 g/mol. The maximum absolute atomic E-state index is 13.1. The fourth-order valence-corrected chi connectivity index (χ4v) is 5.88. The second-order valence-electron chi connectivity index (χ2n) is 13.6. The first-order chi connectivity index (χ1) is 23.2. The minimum atomic E-state index is -1.32. The molecule has 0 spiro atoms. The van der Waals surface area contributed by atoms with E-state index in [1.807, 2.05) is 65.7 Å². The smallest absolute Gasteiger partial charge is 0.408 e. The molecule has 1 aliphatic heterocycles. The van der Waals surface area contributed by atoms with E-state index in [1.165, 1.54) is 24.3 Å². The number of hydrogen-bond donors (Lipinski definition) is 5. The Morgan fingerprint density at radius 2 is 1.65 bits per heavy atom. The number of carbonyl (C=O) groups is 4. The number of ether oxygens (including phenoxy) is 1. The molecule has 2 aromatic heterocycles. The van der Waals surface area contributed by atoms with Crippen molar-refractivity contribution in [2.45, 2.75) is 82.9 Å². The van der Waals surface area contributed by atoms with Crippen molar-refractivity contribution >= 4 is 51.6 Å². The van der Waals surface area contributed by atoms with Gasteiger partial charge in [0.25, 0.3) is 5.24 Å². The van der Waals surface area contributed by atoms with Crippen molar-refractivity contribution in [3.8, 4) is 0 Å². The SMILES string of the molecule is CC(C)(C)OC(=O)NC(C)(C)C(=O)NC(Cc1c[nH]c2ccccc12)C(=O)Nc1cnc[nH]1.CC1CCN(C(=O)Sc2ccccc2)CC1. The zero-order valence-electron chi connectivity index (χ0n) is 29.0. The molecule has 49 heavy (non-hydrogen) atoms. The van der Waals surface area contributed by atoms with Crippen LogP contribution in [0.1, 0.15) is 59.9 Å². The summed E-state index contributed by atoms with van der Waals surface area (Å²) in [5, 5.41) is 9.20. The van der Waals surface area contributed by atoms with Crippen LogP contribution in [0.2, 0.25) is 0 Å². The lowest BCUT2D eigenvalue weighted by atomic mass is 10.00. The van der Waals surface area contributed by atoms with Gasteiger partial charge in [0, 0.05) is 41.5 Å². The maximum atomic E-state index is 13.1. The molecule has 12 nitrogen and oxygen atoms in total. The number of aromatic amines is 2. The summed E-state index contributed by atoms with van der Waals surface area (Å²) in [6, 6.07) is 16.7. The van der Waals surface area contributed by atoms with E-state index in [9.17, 15) is 19.2 Å². The first kappa shape index (κ1) is 37.0. The summed E-state index contributed by atoms with van der Waals surface area (Å²) in [7, 11) is 0. The zero-order valence-corrected chi connectivity index (χ0v) is 29.8. The van der Waals surface area contributed by atoms with Crippen LogP contribution >= 0.6 is 11.8 Å². The van der Waals surface area contributed by atoms with Crippen LogP contribution in [-0.4, -0.2) is 73.3 Å². The number of fused-ring (bicyclic) bond motifs is 1. The van der Waals surface area contributed by atoms with Crippen LogP contribution in [0.15, 0.2) is 78.2 Å². The molecule has 1 aliphatic rings. The third-order valence-electron chi connectivity index (χ3n) is 7.85. The number of rotatable bonds is 8. The highest BCUT2D eigenvalue weighted by molar-refractivity contribution is 8.13. The van der Waals surface area contributed by atoms with Gasteiger partial charge in [-0.3, -0.25) is 14.4 Å². The van der Waals surface area contributed by atoms with Crippen molar-refractivity contribution in [1.29, 1.82) is 0 Å². The molecule has 5 rings (SSSR count). The number of aromatic nitrogens is 3. The Hall–Kier alpha value is -4.78. The lowest BCUT2D eigenvalue weighted by Gasteiger charge is -2.29.